The standard InChI is InChI=1S/C21H15FN2O/c1-25-21-15-10-12-23-13-14(15)8-9-17(21)16-5-4-6-18(20(16)22)19-7-2-3-11-24-19/h2-13H,1H3. The van der Waals surface area contributed by atoms with Crippen molar-refractivity contribution in [1.82, 2.24) is 9.97 Å². The first-order valence-electron chi connectivity index (χ1n) is 7.90. The van der Waals surface area contributed by atoms with Crippen LogP contribution in [0.15, 0.2) is 73.2 Å². The van der Waals surface area contributed by atoms with E-state index in [1.165, 1.54) is 0 Å². The zero-order valence-electron chi connectivity index (χ0n) is 13.6. The SMILES string of the molecule is COc1c(-c2cccc(-c3ccccn3)c2F)ccc2cnccc12. The van der Waals surface area contributed by atoms with Gasteiger partial charge in [-0.05, 0) is 30.3 Å². The van der Waals surface area contributed by atoms with E-state index in [1.807, 2.05) is 36.4 Å². The summed E-state index contributed by atoms with van der Waals surface area (Å²) in [5.41, 5.74) is 2.26. The van der Waals surface area contributed by atoms with Crippen LogP contribution in [0.3, 0.4) is 0 Å². The minimum Gasteiger partial charge on any atom is -0.495 e. The Morgan fingerprint density at radius 2 is 1.72 bits per heavy atom. The highest BCUT2D eigenvalue weighted by molar-refractivity contribution is 5.95. The van der Waals surface area contributed by atoms with Gasteiger partial charge in [-0.25, -0.2) is 4.39 Å². The number of nitrogens with zero attached hydrogens (tertiary/aromatic N) is 2. The van der Waals surface area contributed by atoms with Gasteiger partial charge in [0.15, 0.2) is 0 Å². The van der Waals surface area contributed by atoms with Crippen LogP contribution in [-0.2, 0) is 0 Å². The smallest absolute Gasteiger partial charge is 0.140 e. The summed E-state index contributed by atoms with van der Waals surface area (Å²) in [6.07, 6.45) is 5.13. The molecule has 0 aliphatic rings. The highest BCUT2D eigenvalue weighted by Gasteiger charge is 2.17. The molecule has 25 heavy (non-hydrogen) atoms. The van der Waals surface area contributed by atoms with E-state index in [4.69, 9.17) is 4.74 Å². The van der Waals surface area contributed by atoms with E-state index in [0.717, 1.165) is 10.8 Å². The third kappa shape index (κ3) is 2.62. The van der Waals surface area contributed by atoms with Crippen LogP contribution in [-0.4, -0.2) is 17.1 Å². The number of rotatable bonds is 3. The summed E-state index contributed by atoms with van der Waals surface area (Å²) in [5, 5.41) is 1.85. The molecule has 2 aromatic heterocycles. The summed E-state index contributed by atoms with van der Waals surface area (Å²) in [6, 6.07) is 16.4. The highest BCUT2D eigenvalue weighted by atomic mass is 19.1. The van der Waals surface area contributed by atoms with Crippen molar-refractivity contribution in [3.05, 3.63) is 79.0 Å². The first-order chi connectivity index (χ1) is 12.3. The zero-order chi connectivity index (χ0) is 17.2. The van der Waals surface area contributed by atoms with E-state index >= 15 is 4.39 Å². The lowest BCUT2D eigenvalue weighted by Crippen LogP contribution is -1.95. The van der Waals surface area contributed by atoms with Gasteiger partial charge in [0.05, 0.1) is 12.8 Å². The minimum atomic E-state index is -0.312. The maximum absolute atomic E-state index is 15.3. The first kappa shape index (κ1) is 15.3. The van der Waals surface area contributed by atoms with E-state index in [9.17, 15) is 0 Å². The van der Waals surface area contributed by atoms with Crippen LogP contribution in [0, 0.1) is 5.82 Å². The second-order valence-electron chi connectivity index (χ2n) is 5.63. The lowest BCUT2D eigenvalue weighted by atomic mass is 9.97. The molecule has 0 spiro atoms. The Kier molecular flexibility index (Phi) is 3.86. The van der Waals surface area contributed by atoms with Crippen LogP contribution in [0.4, 0.5) is 4.39 Å². The van der Waals surface area contributed by atoms with Gasteiger partial charge < -0.3 is 4.74 Å². The summed E-state index contributed by atoms with van der Waals surface area (Å²) in [6.45, 7) is 0. The van der Waals surface area contributed by atoms with E-state index in [1.54, 1.807) is 43.9 Å². The molecule has 4 aromatic rings. The lowest BCUT2D eigenvalue weighted by molar-refractivity contribution is 0.421. The Bertz CT molecular complexity index is 1050. The van der Waals surface area contributed by atoms with Crippen molar-refractivity contribution in [1.29, 1.82) is 0 Å². The Morgan fingerprint density at radius 3 is 2.52 bits per heavy atom. The van der Waals surface area contributed by atoms with Crippen LogP contribution in [0.1, 0.15) is 0 Å². The summed E-state index contributed by atoms with van der Waals surface area (Å²) in [7, 11) is 1.60. The summed E-state index contributed by atoms with van der Waals surface area (Å²) < 4.78 is 20.9. The van der Waals surface area contributed by atoms with E-state index in [-0.39, 0.29) is 5.82 Å². The van der Waals surface area contributed by atoms with E-state index in [2.05, 4.69) is 9.97 Å². The van der Waals surface area contributed by atoms with E-state index < -0.39 is 0 Å². The molecule has 122 valence electrons. The largest absolute Gasteiger partial charge is 0.495 e. The van der Waals surface area contributed by atoms with Crippen molar-refractivity contribution in [2.45, 2.75) is 0 Å². The molecular formula is C21H15FN2O. The number of pyridine rings is 2. The molecule has 2 heterocycles. The predicted molar refractivity (Wildman–Crippen MR) is 96.9 cm³/mol. The molecule has 0 N–H and O–H groups in total. The molecule has 4 rings (SSSR count). The van der Waals surface area contributed by atoms with Crippen molar-refractivity contribution in [3.63, 3.8) is 0 Å². The Balaban J connectivity index is 1.96. The Morgan fingerprint density at radius 1 is 0.840 bits per heavy atom. The average molecular weight is 330 g/mol. The molecule has 0 amide bonds. The maximum Gasteiger partial charge on any atom is 0.140 e. The maximum atomic E-state index is 15.3. The summed E-state index contributed by atoms with van der Waals surface area (Å²) in [5.74, 6) is 0.324. The second kappa shape index (κ2) is 6.32. The molecule has 0 atom stereocenters. The minimum absolute atomic E-state index is 0.312. The number of aromatic nitrogens is 2. The number of benzene rings is 2. The molecule has 0 saturated carbocycles. The van der Waals surface area contributed by atoms with Crippen molar-refractivity contribution in [2.75, 3.05) is 7.11 Å². The molecule has 0 bridgehead atoms. The van der Waals surface area contributed by atoms with Gasteiger partial charge in [0.1, 0.15) is 11.6 Å². The molecule has 0 aliphatic carbocycles. The molecule has 0 radical (unpaired) electrons. The van der Waals surface area contributed by atoms with Gasteiger partial charge in [-0.15, -0.1) is 0 Å². The lowest BCUT2D eigenvalue weighted by Gasteiger charge is -2.14. The monoisotopic (exact) mass is 330 g/mol. The molecule has 4 heteroatoms. The zero-order valence-corrected chi connectivity index (χ0v) is 13.6. The fraction of sp³-hybridized carbons (Fsp3) is 0.0476. The first-order valence-corrected chi connectivity index (χ1v) is 7.90. The van der Waals surface area contributed by atoms with E-state index in [0.29, 0.717) is 28.1 Å². The normalized spacial score (nSPS) is 10.8. The average Bonchev–Trinajstić information content (AvgIpc) is 2.68. The molecule has 0 unspecified atom stereocenters. The van der Waals surface area contributed by atoms with Crippen molar-refractivity contribution >= 4 is 10.8 Å². The van der Waals surface area contributed by atoms with Crippen LogP contribution in [0.25, 0.3) is 33.2 Å². The van der Waals surface area contributed by atoms with Crippen LogP contribution in [0.5, 0.6) is 5.75 Å². The number of hydrogen-bond donors (Lipinski definition) is 0. The van der Waals surface area contributed by atoms with Crippen molar-refractivity contribution < 1.29 is 9.13 Å². The van der Waals surface area contributed by atoms with Gasteiger partial charge in [0, 0.05) is 46.1 Å². The Labute approximate surface area is 144 Å². The van der Waals surface area contributed by atoms with Crippen molar-refractivity contribution in [3.8, 4) is 28.1 Å². The van der Waals surface area contributed by atoms with Gasteiger partial charge in [-0.3, -0.25) is 9.97 Å². The van der Waals surface area contributed by atoms with Gasteiger partial charge in [-0.2, -0.15) is 0 Å². The number of fused-ring (bicyclic) bond motifs is 1. The molecule has 3 nitrogen and oxygen atoms in total. The molecule has 0 fully saturated rings. The highest BCUT2D eigenvalue weighted by Crippen LogP contribution is 2.39. The summed E-state index contributed by atoms with van der Waals surface area (Å²) in [4.78, 5) is 8.38. The number of ether oxygens (including phenoxy) is 1. The van der Waals surface area contributed by atoms with Crippen molar-refractivity contribution in [2.24, 2.45) is 0 Å². The summed E-state index contributed by atoms with van der Waals surface area (Å²) >= 11 is 0. The topological polar surface area (TPSA) is 35.0 Å². The third-order valence-electron chi connectivity index (χ3n) is 4.20. The van der Waals surface area contributed by atoms with Gasteiger partial charge in [0.25, 0.3) is 0 Å². The number of methoxy groups -OCH3 is 1. The molecule has 2 aromatic carbocycles. The quantitative estimate of drug-likeness (QED) is 0.523. The van der Waals surface area contributed by atoms with Gasteiger partial charge in [0.2, 0.25) is 0 Å². The van der Waals surface area contributed by atoms with Gasteiger partial charge >= 0.3 is 0 Å². The van der Waals surface area contributed by atoms with Crippen LogP contribution in [0.2, 0.25) is 0 Å². The van der Waals surface area contributed by atoms with Gasteiger partial charge in [-0.1, -0.05) is 24.3 Å². The number of halogens is 1. The number of hydrogen-bond acceptors (Lipinski definition) is 3. The predicted octanol–water partition coefficient (Wildman–Crippen LogP) is 5.11. The molecular weight excluding hydrogens is 315 g/mol. The Hall–Kier alpha value is -3.27. The third-order valence-corrected chi connectivity index (χ3v) is 4.20. The fourth-order valence-electron chi connectivity index (χ4n) is 3.03. The van der Waals surface area contributed by atoms with Crippen LogP contribution >= 0.6 is 0 Å². The fourth-order valence-corrected chi connectivity index (χ4v) is 3.03. The van der Waals surface area contributed by atoms with Crippen LogP contribution < -0.4 is 4.74 Å². The molecule has 0 saturated heterocycles. The molecule has 0 aliphatic heterocycles. The second-order valence-corrected chi connectivity index (χ2v) is 5.63.